The molecule has 1 aromatic heterocycles. The van der Waals surface area contributed by atoms with E-state index in [2.05, 4.69) is 15.6 Å². The fraction of sp³-hybridized carbons (Fsp3) is 0.600. The highest BCUT2D eigenvalue weighted by molar-refractivity contribution is 7.07. The standard InChI is InChI=1S/C10H15N3OS/c14-10(11-4-8-2-1-3-8)12-5-9-6-15-7-13-9/h6-8H,1-5H2,(H2,11,12,14). The average molecular weight is 225 g/mol. The van der Waals surface area contributed by atoms with Gasteiger partial charge in [0.15, 0.2) is 0 Å². The molecule has 1 saturated carbocycles. The SMILES string of the molecule is O=C(NCc1cscn1)NCC1CCC1. The van der Waals surface area contributed by atoms with Crippen molar-refractivity contribution in [2.24, 2.45) is 5.92 Å². The molecule has 1 heterocycles. The van der Waals surface area contributed by atoms with Crippen molar-refractivity contribution in [1.29, 1.82) is 0 Å². The minimum Gasteiger partial charge on any atom is -0.338 e. The Morgan fingerprint density at radius 1 is 1.53 bits per heavy atom. The van der Waals surface area contributed by atoms with E-state index in [1.807, 2.05) is 5.38 Å². The van der Waals surface area contributed by atoms with Crippen LogP contribution in [-0.2, 0) is 6.54 Å². The second-order valence-corrected chi connectivity index (χ2v) is 4.56. The highest BCUT2D eigenvalue weighted by Crippen LogP contribution is 2.24. The third kappa shape index (κ3) is 3.20. The van der Waals surface area contributed by atoms with Gasteiger partial charge in [0.25, 0.3) is 0 Å². The Hall–Kier alpha value is -1.10. The van der Waals surface area contributed by atoms with Crippen molar-refractivity contribution >= 4 is 17.4 Å². The van der Waals surface area contributed by atoms with Gasteiger partial charge in [0.2, 0.25) is 0 Å². The fourth-order valence-electron chi connectivity index (χ4n) is 1.49. The molecule has 1 fully saturated rings. The quantitative estimate of drug-likeness (QED) is 0.820. The van der Waals surface area contributed by atoms with Crippen LogP contribution < -0.4 is 10.6 Å². The van der Waals surface area contributed by atoms with Crippen LogP contribution in [0.15, 0.2) is 10.9 Å². The van der Waals surface area contributed by atoms with Crippen molar-refractivity contribution in [3.05, 3.63) is 16.6 Å². The lowest BCUT2D eigenvalue weighted by molar-refractivity contribution is 0.232. The Balaban J connectivity index is 1.60. The summed E-state index contributed by atoms with van der Waals surface area (Å²) >= 11 is 1.54. The van der Waals surface area contributed by atoms with E-state index < -0.39 is 0 Å². The molecule has 1 aliphatic rings. The molecule has 2 N–H and O–H groups in total. The molecular weight excluding hydrogens is 210 g/mol. The Morgan fingerprint density at radius 3 is 3.00 bits per heavy atom. The molecule has 2 rings (SSSR count). The minimum absolute atomic E-state index is 0.0881. The maximum Gasteiger partial charge on any atom is 0.315 e. The summed E-state index contributed by atoms with van der Waals surface area (Å²) in [5, 5.41) is 7.59. The Labute approximate surface area is 93.1 Å². The van der Waals surface area contributed by atoms with Gasteiger partial charge in [0.1, 0.15) is 0 Å². The number of aromatic nitrogens is 1. The van der Waals surface area contributed by atoms with Crippen molar-refractivity contribution in [2.45, 2.75) is 25.8 Å². The largest absolute Gasteiger partial charge is 0.338 e. The van der Waals surface area contributed by atoms with Crippen molar-refractivity contribution < 1.29 is 4.79 Å². The molecule has 2 amide bonds. The second kappa shape index (κ2) is 5.11. The average Bonchev–Trinajstić information content (AvgIpc) is 2.64. The van der Waals surface area contributed by atoms with Crippen molar-refractivity contribution in [3.63, 3.8) is 0 Å². The zero-order chi connectivity index (χ0) is 10.5. The number of hydrogen-bond donors (Lipinski definition) is 2. The monoisotopic (exact) mass is 225 g/mol. The third-order valence-corrected chi connectivity index (χ3v) is 3.32. The van der Waals surface area contributed by atoms with Gasteiger partial charge in [-0.1, -0.05) is 6.42 Å². The van der Waals surface area contributed by atoms with E-state index in [0.717, 1.165) is 12.2 Å². The van der Waals surface area contributed by atoms with Gasteiger partial charge in [0.05, 0.1) is 17.7 Å². The Kier molecular flexibility index (Phi) is 3.55. The molecule has 0 aromatic carbocycles. The Morgan fingerprint density at radius 2 is 2.40 bits per heavy atom. The number of carbonyl (C=O) groups excluding carboxylic acids is 1. The summed E-state index contributed by atoms with van der Waals surface area (Å²) in [6.07, 6.45) is 3.82. The number of carbonyl (C=O) groups is 1. The Bertz CT molecular complexity index is 308. The van der Waals surface area contributed by atoms with Gasteiger partial charge >= 0.3 is 6.03 Å². The van der Waals surface area contributed by atoms with Gasteiger partial charge in [-0.3, -0.25) is 0 Å². The molecule has 0 saturated heterocycles. The summed E-state index contributed by atoms with van der Waals surface area (Å²) in [4.78, 5) is 15.4. The molecule has 1 aromatic rings. The fourth-order valence-corrected chi connectivity index (χ4v) is 2.05. The zero-order valence-electron chi connectivity index (χ0n) is 8.53. The van der Waals surface area contributed by atoms with Gasteiger partial charge < -0.3 is 10.6 Å². The molecule has 0 spiro atoms. The van der Waals surface area contributed by atoms with Crippen LogP contribution in [0.1, 0.15) is 25.0 Å². The summed E-state index contributed by atoms with van der Waals surface area (Å²) in [6.45, 7) is 1.32. The molecule has 82 valence electrons. The van der Waals surface area contributed by atoms with Gasteiger partial charge in [-0.25, -0.2) is 9.78 Å². The number of urea groups is 1. The van der Waals surface area contributed by atoms with E-state index in [0.29, 0.717) is 12.5 Å². The lowest BCUT2D eigenvalue weighted by atomic mass is 9.85. The van der Waals surface area contributed by atoms with Crippen LogP contribution in [0.4, 0.5) is 4.79 Å². The highest BCUT2D eigenvalue weighted by Gasteiger charge is 2.17. The summed E-state index contributed by atoms with van der Waals surface area (Å²) in [7, 11) is 0. The number of rotatable bonds is 4. The maximum atomic E-state index is 11.3. The first-order valence-electron chi connectivity index (χ1n) is 5.23. The van der Waals surface area contributed by atoms with Crippen LogP contribution >= 0.6 is 11.3 Å². The molecule has 0 unspecified atom stereocenters. The van der Waals surface area contributed by atoms with E-state index in [1.165, 1.54) is 30.6 Å². The third-order valence-electron chi connectivity index (χ3n) is 2.69. The summed E-state index contributed by atoms with van der Waals surface area (Å²) in [5.74, 6) is 0.704. The van der Waals surface area contributed by atoms with Crippen LogP contribution in [0.3, 0.4) is 0 Å². The van der Waals surface area contributed by atoms with Crippen LogP contribution in [-0.4, -0.2) is 17.6 Å². The molecule has 0 aliphatic heterocycles. The van der Waals surface area contributed by atoms with Gasteiger partial charge in [-0.2, -0.15) is 0 Å². The minimum atomic E-state index is -0.0881. The van der Waals surface area contributed by atoms with E-state index in [4.69, 9.17) is 0 Å². The normalized spacial score (nSPS) is 15.7. The molecule has 1 aliphatic carbocycles. The summed E-state index contributed by atoms with van der Waals surface area (Å²) in [6, 6.07) is -0.0881. The predicted octanol–water partition coefficient (Wildman–Crippen LogP) is 1.74. The van der Waals surface area contributed by atoms with Crippen molar-refractivity contribution in [2.75, 3.05) is 6.54 Å². The lowest BCUT2D eigenvalue weighted by Crippen LogP contribution is -2.39. The van der Waals surface area contributed by atoms with Crippen molar-refractivity contribution in [3.8, 4) is 0 Å². The van der Waals surface area contributed by atoms with Gasteiger partial charge in [-0.05, 0) is 18.8 Å². The summed E-state index contributed by atoms with van der Waals surface area (Å²) in [5.41, 5.74) is 2.68. The topological polar surface area (TPSA) is 54.0 Å². The molecule has 15 heavy (non-hydrogen) atoms. The maximum absolute atomic E-state index is 11.3. The number of amides is 2. The number of nitrogens with one attached hydrogen (secondary N) is 2. The first-order valence-corrected chi connectivity index (χ1v) is 6.17. The van der Waals surface area contributed by atoms with E-state index in [-0.39, 0.29) is 6.03 Å². The predicted molar refractivity (Wildman–Crippen MR) is 59.7 cm³/mol. The number of thiazole rings is 1. The lowest BCUT2D eigenvalue weighted by Gasteiger charge is -2.25. The van der Waals surface area contributed by atoms with Crippen LogP contribution in [0, 0.1) is 5.92 Å². The van der Waals surface area contributed by atoms with Gasteiger partial charge in [-0.15, -0.1) is 11.3 Å². The first kappa shape index (κ1) is 10.4. The van der Waals surface area contributed by atoms with Crippen LogP contribution in [0.25, 0.3) is 0 Å². The van der Waals surface area contributed by atoms with Gasteiger partial charge in [0, 0.05) is 11.9 Å². The van der Waals surface area contributed by atoms with E-state index in [1.54, 1.807) is 5.51 Å². The molecule has 0 atom stereocenters. The first-order chi connectivity index (χ1) is 7.34. The van der Waals surface area contributed by atoms with Crippen molar-refractivity contribution in [1.82, 2.24) is 15.6 Å². The van der Waals surface area contributed by atoms with E-state index in [9.17, 15) is 4.79 Å². The molecule has 5 heteroatoms. The smallest absolute Gasteiger partial charge is 0.315 e. The highest BCUT2D eigenvalue weighted by atomic mass is 32.1. The molecule has 0 bridgehead atoms. The zero-order valence-corrected chi connectivity index (χ0v) is 9.35. The summed E-state index contributed by atoms with van der Waals surface area (Å²) < 4.78 is 0. The second-order valence-electron chi connectivity index (χ2n) is 3.84. The molecular formula is C10H15N3OS. The number of nitrogens with zero attached hydrogens (tertiary/aromatic N) is 1. The van der Waals surface area contributed by atoms with Crippen LogP contribution in [0.5, 0.6) is 0 Å². The van der Waals surface area contributed by atoms with Crippen LogP contribution in [0.2, 0.25) is 0 Å². The molecule has 0 radical (unpaired) electrons. The number of hydrogen-bond acceptors (Lipinski definition) is 3. The molecule has 4 nitrogen and oxygen atoms in total. The van der Waals surface area contributed by atoms with E-state index >= 15 is 0 Å².